The van der Waals surface area contributed by atoms with Gasteiger partial charge in [-0.15, -0.1) is 0 Å². The van der Waals surface area contributed by atoms with Crippen molar-refractivity contribution in [1.29, 1.82) is 0 Å². The zero-order chi connectivity index (χ0) is 18.5. The molecule has 0 N–H and O–H groups in total. The van der Waals surface area contributed by atoms with E-state index in [0.29, 0.717) is 18.8 Å². The second-order valence-electron chi connectivity index (χ2n) is 7.10. The third kappa shape index (κ3) is 3.89. The van der Waals surface area contributed by atoms with Crippen LogP contribution in [0.2, 0.25) is 0 Å². The maximum atomic E-state index is 13.3. The summed E-state index contributed by atoms with van der Waals surface area (Å²) in [6.45, 7) is 4.61. The number of likely N-dealkylation sites (tertiary alicyclic amines) is 1. The molecule has 2 unspecified atom stereocenters. The van der Waals surface area contributed by atoms with Crippen molar-refractivity contribution >= 4 is 11.7 Å². The first-order valence-electron chi connectivity index (χ1n) is 9.45. The van der Waals surface area contributed by atoms with Crippen molar-refractivity contribution in [3.8, 4) is 0 Å². The zero-order valence-electron chi connectivity index (χ0n) is 15.7. The first kappa shape index (κ1) is 18.8. The van der Waals surface area contributed by atoms with E-state index in [1.54, 1.807) is 18.1 Å². The summed E-state index contributed by atoms with van der Waals surface area (Å²) in [6.07, 6.45) is 5.06. The lowest BCUT2D eigenvalue weighted by Gasteiger charge is -2.41. The van der Waals surface area contributed by atoms with Crippen LogP contribution in [0, 0.1) is 5.92 Å². The molecule has 1 aromatic carbocycles. The fourth-order valence-electron chi connectivity index (χ4n) is 4.06. The Morgan fingerprint density at radius 3 is 2.46 bits per heavy atom. The number of rotatable bonds is 6. The van der Waals surface area contributed by atoms with Gasteiger partial charge in [-0.2, -0.15) is 0 Å². The van der Waals surface area contributed by atoms with E-state index >= 15 is 0 Å². The van der Waals surface area contributed by atoms with Crippen LogP contribution in [0.4, 0.5) is 0 Å². The highest BCUT2D eigenvalue weighted by Gasteiger charge is 2.43. The van der Waals surface area contributed by atoms with Crippen molar-refractivity contribution in [1.82, 2.24) is 9.80 Å². The number of methoxy groups -OCH3 is 1. The van der Waals surface area contributed by atoms with Gasteiger partial charge < -0.3 is 9.64 Å². The quantitative estimate of drug-likeness (QED) is 0.736. The molecular formula is C21H28N2O3. The molecule has 5 nitrogen and oxygen atoms in total. The molecule has 140 valence electrons. The lowest BCUT2D eigenvalue weighted by atomic mass is 9.83. The highest BCUT2D eigenvalue weighted by atomic mass is 16.5. The smallest absolute Gasteiger partial charge is 0.239 e. The molecule has 26 heavy (non-hydrogen) atoms. The van der Waals surface area contributed by atoms with E-state index in [9.17, 15) is 9.59 Å². The number of hydrogen-bond acceptors (Lipinski definition) is 4. The molecule has 0 radical (unpaired) electrons. The van der Waals surface area contributed by atoms with Gasteiger partial charge in [-0.05, 0) is 38.4 Å². The van der Waals surface area contributed by atoms with Crippen molar-refractivity contribution in [2.24, 2.45) is 5.92 Å². The number of benzene rings is 1. The Kier molecular flexibility index (Phi) is 6.22. The second-order valence-corrected chi connectivity index (χ2v) is 7.10. The van der Waals surface area contributed by atoms with E-state index in [1.165, 1.54) is 6.42 Å². The largest absolute Gasteiger partial charge is 0.383 e. The molecule has 3 rings (SSSR count). The Hall–Kier alpha value is -1.98. The Morgan fingerprint density at radius 1 is 1.12 bits per heavy atom. The first-order valence-corrected chi connectivity index (χ1v) is 9.45. The van der Waals surface area contributed by atoms with Gasteiger partial charge in [-0.3, -0.25) is 14.5 Å². The van der Waals surface area contributed by atoms with Crippen molar-refractivity contribution in [2.45, 2.75) is 32.2 Å². The monoisotopic (exact) mass is 356 g/mol. The standard InChI is InChI=1S/C21H28N2O3/c1-16-15-18(24)19(21(25)23(16)13-14-26-2)20(17-9-5-3-6-10-17)22-11-7-4-8-12-22/h3,5-6,9-10,15,19-20H,4,7-8,11-14H2,1-2H3. The van der Waals surface area contributed by atoms with E-state index in [0.717, 1.165) is 31.5 Å². The predicted octanol–water partition coefficient (Wildman–Crippen LogP) is 2.79. The summed E-state index contributed by atoms with van der Waals surface area (Å²) in [6, 6.07) is 9.79. The van der Waals surface area contributed by atoms with E-state index in [1.807, 2.05) is 37.3 Å². The predicted molar refractivity (Wildman–Crippen MR) is 100 cm³/mol. The van der Waals surface area contributed by atoms with Crippen LogP contribution in [0.5, 0.6) is 0 Å². The lowest BCUT2D eigenvalue weighted by Crippen LogP contribution is -2.50. The van der Waals surface area contributed by atoms with Gasteiger partial charge in [0.25, 0.3) is 0 Å². The summed E-state index contributed by atoms with van der Waals surface area (Å²) in [5.74, 6) is -0.872. The van der Waals surface area contributed by atoms with Crippen LogP contribution in [-0.2, 0) is 14.3 Å². The normalized spacial score (nSPS) is 23.1. The molecule has 0 aromatic heterocycles. The van der Waals surface area contributed by atoms with Crippen LogP contribution in [0.3, 0.4) is 0 Å². The second kappa shape index (κ2) is 8.60. The summed E-state index contributed by atoms with van der Waals surface area (Å²) in [7, 11) is 1.62. The molecule has 2 aliphatic heterocycles. The van der Waals surface area contributed by atoms with E-state index < -0.39 is 5.92 Å². The molecule has 2 heterocycles. The minimum Gasteiger partial charge on any atom is -0.383 e. The summed E-state index contributed by atoms with van der Waals surface area (Å²) in [5, 5.41) is 0. The van der Waals surface area contributed by atoms with Crippen molar-refractivity contribution in [3.63, 3.8) is 0 Å². The molecule has 1 fully saturated rings. The summed E-state index contributed by atoms with van der Waals surface area (Å²) < 4.78 is 5.15. The maximum absolute atomic E-state index is 13.3. The molecule has 2 atom stereocenters. The molecule has 0 saturated carbocycles. The van der Waals surface area contributed by atoms with Crippen molar-refractivity contribution in [3.05, 3.63) is 47.7 Å². The average molecular weight is 356 g/mol. The topological polar surface area (TPSA) is 49.9 Å². The van der Waals surface area contributed by atoms with Gasteiger partial charge in [0.1, 0.15) is 5.92 Å². The number of carbonyl (C=O) groups is 2. The van der Waals surface area contributed by atoms with Crippen LogP contribution in [0.25, 0.3) is 0 Å². The average Bonchev–Trinajstić information content (AvgIpc) is 2.66. The van der Waals surface area contributed by atoms with Gasteiger partial charge in [0, 0.05) is 25.4 Å². The Morgan fingerprint density at radius 2 is 1.81 bits per heavy atom. The van der Waals surface area contributed by atoms with Crippen LogP contribution >= 0.6 is 0 Å². The first-order chi connectivity index (χ1) is 12.6. The minimum atomic E-state index is -0.684. The maximum Gasteiger partial charge on any atom is 0.239 e. The number of allylic oxidation sites excluding steroid dienone is 2. The lowest BCUT2D eigenvalue weighted by molar-refractivity contribution is -0.143. The number of hydrogen-bond donors (Lipinski definition) is 0. The SMILES string of the molecule is COCCN1C(=O)C(C(c2ccccc2)N2CCCCC2)C(=O)C=C1C. The minimum absolute atomic E-state index is 0.0828. The van der Waals surface area contributed by atoms with Crippen LogP contribution in [0.1, 0.15) is 37.8 Å². The van der Waals surface area contributed by atoms with Gasteiger partial charge in [0.2, 0.25) is 5.91 Å². The van der Waals surface area contributed by atoms with Crippen molar-refractivity contribution in [2.75, 3.05) is 33.4 Å². The fraction of sp³-hybridized carbons (Fsp3) is 0.524. The number of ketones is 1. The number of piperidine rings is 1. The molecule has 0 spiro atoms. The van der Waals surface area contributed by atoms with Crippen LogP contribution < -0.4 is 0 Å². The van der Waals surface area contributed by atoms with Gasteiger partial charge in [-0.1, -0.05) is 36.8 Å². The molecule has 2 aliphatic rings. The fourth-order valence-corrected chi connectivity index (χ4v) is 4.06. The third-order valence-corrected chi connectivity index (χ3v) is 5.38. The molecular weight excluding hydrogens is 328 g/mol. The molecule has 1 saturated heterocycles. The van der Waals surface area contributed by atoms with Gasteiger partial charge in [0.05, 0.1) is 12.6 Å². The van der Waals surface area contributed by atoms with E-state index in [-0.39, 0.29) is 17.7 Å². The molecule has 5 heteroatoms. The number of ether oxygens (including phenoxy) is 1. The van der Waals surface area contributed by atoms with Gasteiger partial charge in [0.15, 0.2) is 5.78 Å². The van der Waals surface area contributed by atoms with Crippen LogP contribution in [-0.4, -0.2) is 54.8 Å². The Labute approximate surface area is 155 Å². The number of nitrogens with zero attached hydrogens (tertiary/aromatic N) is 2. The summed E-state index contributed by atoms with van der Waals surface area (Å²) in [5.41, 5.74) is 1.75. The third-order valence-electron chi connectivity index (χ3n) is 5.38. The number of carbonyl (C=O) groups excluding carboxylic acids is 2. The summed E-state index contributed by atoms with van der Waals surface area (Å²) in [4.78, 5) is 30.2. The number of amides is 1. The summed E-state index contributed by atoms with van der Waals surface area (Å²) >= 11 is 0. The van der Waals surface area contributed by atoms with Crippen molar-refractivity contribution < 1.29 is 14.3 Å². The van der Waals surface area contributed by atoms with Gasteiger partial charge in [-0.25, -0.2) is 0 Å². The molecule has 1 aromatic rings. The Balaban J connectivity index is 1.96. The van der Waals surface area contributed by atoms with E-state index in [4.69, 9.17) is 4.74 Å². The van der Waals surface area contributed by atoms with E-state index in [2.05, 4.69) is 4.90 Å². The molecule has 0 bridgehead atoms. The highest BCUT2D eigenvalue weighted by Crippen LogP contribution is 2.36. The highest BCUT2D eigenvalue weighted by molar-refractivity contribution is 6.10. The molecule has 1 amide bonds. The van der Waals surface area contributed by atoms with Crippen LogP contribution in [0.15, 0.2) is 42.1 Å². The van der Waals surface area contributed by atoms with Gasteiger partial charge >= 0.3 is 0 Å². The molecule has 0 aliphatic carbocycles. The zero-order valence-corrected chi connectivity index (χ0v) is 15.7. The Bertz CT molecular complexity index is 665.